The zero-order valence-corrected chi connectivity index (χ0v) is 13.1. The fourth-order valence-electron chi connectivity index (χ4n) is 2.35. The maximum absolute atomic E-state index is 14.2. The summed E-state index contributed by atoms with van der Waals surface area (Å²) in [5, 5.41) is 4.07. The monoisotopic (exact) mass is 344 g/mol. The Hall–Kier alpha value is -1.94. The number of nitrogens with one attached hydrogen (secondary N) is 1. The SMILES string of the molecule is CCNc1cc(-c2ccccc2)nc2c(F)cc(Br)cc12. The van der Waals surface area contributed by atoms with E-state index in [0.717, 1.165) is 28.9 Å². The largest absolute Gasteiger partial charge is 0.385 e. The lowest BCUT2D eigenvalue weighted by atomic mass is 10.1. The quantitative estimate of drug-likeness (QED) is 0.703. The smallest absolute Gasteiger partial charge is 0.150 e. The molecule has 21 heavy (non-hydrogen) atoms. The first kappa shape index (κ1) is 14.0. The second kappa shape index (κ2) is 5.82. The maximum Gasteiger partial charge on any atom is 0.150 e. The molecule has 0 fully saturated rings. The maximum atomic E-state index is 14.2. The number of hydrogen-bond acceptors (Lipinski definition) is 2. The Morgan fingerprint density at radius 3 is 2.62 bits per heavy atom. The van der Waals surface area contributed by atoms with Crippen molar-refractivity contribution >= 4 is 32.5 Å². The molecule has 0 saturated heterocycles. The summed E-state index contributed by atoms with van der Waals surface area (Å²) in [6, 6.07) is 15.1. The molecule has 4 heteroatoms. The van der Waals surface area contributed by atoms with Gasteiger partial charge in [-0.2, -0.15) is 0 Å². The van der Waals surface area contributed by atoms with E-state index in [1.807, 2.05) is 49.4 Å². The van der Waals surface area contributed by atoms with Gasteiger partial charge in [0, 0.05) is 27.7 Å². The highest BCUT2D eigenvalue weighted by Crippen LogP contribution is 2.31. The van der Waals surface area contributed by atoms with Crippen LogP contribution in [0.25, 0.3) is 22.2 Å². The predicted molar refractivity (Wildman–Crippen MR) is 89.0 cm³/mol. The molecule has 0 radical (unpaired) electrons. The van der Waals surface area contributed by atoms with Crippen molar-refractivity contribution in [2.75, 3.05) is 11.9 Å². The van der Waals surface area contributed by atoms with E-state index in [1.165, 1.54) is 6.07 Å². The van der Waals surface area contributed by atoms with E-state index in [2.05, 4.69) is 26.2 Å². The summed E-state index contributed by atoms with van der Waals surface area (Å²) < 4.78 is 15.0. The van der Waals surface area contributed by atoms with E-state index in [1.54, 1.807) is 0 Å². The molecule has 0 aliphatic carbocycles. The third-order valence-corrected chi connectivity index (χ3v) is 3.73. The van der Waals surface area contributed by atoms with Crippen LogP contribution >= 0.6 is 15.9 Å². The molecule has 0 amide bonds. The number of hydrogen-bond donors (Lipinski definition) is 1. The van der Waals surface area contributed by atoms with Gasteiger partial charge in [0.15, 0.2) is 5.82 Å². The minimum absolute atomic E-state index is 0.323. The van der Waals surface area contributed by atoms with Gasteiger partial charge < -0.3 is 5.32 Å². The first-order chi connectivity index (χ1) is 10.2. The molecule has 0 spiro atoms. The van der Waals surface area contributed by atoms with Crippen molar-refractivity contribution in [3.63, 3.8) is 0 Å². The van der Waals surface area contributed by atoms with Crippen molar-refractivity contribution in [3.05, 3.63) is 58.8 Å². The number of anilines is 1. The lowest BCUT2D eigenvalue weighted by Crippen LogP contribution is -2.00. The zero-order chi connectivity index (χ0) is 14.8. The molecule has 1 aromatic heterocycles. The van der Waals surface area contributed by atoms with Crippen LogP contribution in [-0.2, 0) is 0 Å². The van der Waals surface area contributed by atoms with E-state index in [0.29, 0.717) is 9.99 Å². The van der Waals surface area contributed by atoms with Crippen LogP contribution in [0.1, 0.15) is 6.92 Å². The summed E-state index contributed by atoms with van der Waals surface area (Å²) in [6.07, 6.45) is 0. The van der Waals surface area contributed by atoms with Gasteiger partial charge >= 0.3 is 0 Å². The van der Waals surface area contributed by atoms with E-state index in [4.69, 9.17) is 0 Å². The standard InChI is InChI=1S/C17H14BrFN2/c1-2-20-16-10-15(11-6-4-3-5-7-11)21-17-13(16)8-12(18)9-14(17)19/h3-10H,2H2,1H3,(H,20,21). The molecule has 0 unspecified atom stereocenters. The van der Waals surface area contributed by atoms with Crippen LogP contribution in [0.4, 0.5) is 10.1 Å². The first-order valence-corrected chi connectivity index (χ1v) is 7.57. The molecule has 3 aromatic rings. The number of rotatable bonds is 3. The topological polar surface area (TPSA) is 24.9 Å². The summed E-state index contributed by atoms with van der Waals surface area (Å²) in [7, 11) is 0. The van der Waals surface area contributed by atoms with Crippen molar-refractivity contribution in [3.8, 4) is 11.3 Å². The number of halogens is 2. The van der Waals surface area contributed by atoms with Gasteiger partial charge in [0.05, 0.1) is 5.69 Å². The Labute approximate surface area is 131 Å². The summed E-state index contributed by atoms with van der Waals surface area (Å²) in [6.45, 7) is 2.78. The molecular formula is C17H14BrFN2. The van der Waals surface area contributed by atoms with E-state index in [-0.39, 0.29) is 5.82 Å². The molecule has 0 aliphatic rings. The van der Waals surface area contributed by atoms with Crippen molar-refractivity contribution in [2.24, 2.45) is 0 Å². The molecule has 106 valence electrons. The molecule has 1 N–H and O–H groups in total. The van der Waals surface area contributed by atoms with E-state index < -0.39 is 0 Å². The molecule has 2 aromatic carbocycles. The Morgan fingerprint density at radius 1 is 1.14 bits per heavy atom. The highest BCUT2D eigenvalue weighted by atomic mass is 79.9. The van der Waals surface area contributed by atoms with Crippen LogP contribution in [0, 0.1) is 5.82 Å². The Bertz CT molecular complexity index is 788. The minimum atomic E-state index is -0.323. The lowest BCUT2D eigenvalue weighted by Gasteiger charge is -2.12. The molecule has 3 rings (SSSR count). The van der Waals surface area contributed by atoms with Gasteiger partial charge in [0.2, 0.25) is 0 Å². The van der Waals surface area contributed by atoms with Crippen LogP contribution in [0.3, 0.4) is 0 Å². The van der Waals surface area contributed by atoms with Crippen molar-refractivity contribution in [2.45, 2.75) is 6.92 Å². The third kappa shape index (κ3) is 2.76. The van der Waals surface area contributed by atoms with Crippen LogP contribution in [-0.4, -0.2) is 11.5 Å². The number of benzene rings is 2. The second-order valence-electron chi connectivity index (χ2n) is 4.74. The highest BCUT2D eigenvalue weighted by molar-refractivity contribution is 9.10. The Morgan fingerprint density at radius 2 is 1.90 bits per heavy atom. The van der Waals surface area contributed by atoms with E-state index in [9.17, 15) is 4.39 Å². The average Bonchev–Trinajstić information content (AvgIpc) is 2.49. The summed E-state index contributed by atoms with van der Waals surface area (Å²) in [4.78, 5) is 4.49. The molecular weight excluding hydrogens is 331 g/mol. The number of pyridine rings is 1. The van der Waals surface area contributed by atoms with Gasteiger partial charge in [-0.25, -0.2) is 9.37 Å². The van der Waals surface area contributed by atoms with Crippen LogP contribution in [0.15, 0.2) is 53.0 Å². The molecule has 0 aliphatic heterocycles. The summed E-state index contributed by atoms with van der Waals surface area (Å²) in [5.41, 5.74) is 3.01. The number of fused-ring (bicyclic) bond motifs is 1. The fraction of sp³-hybridized carbons (Fsp3) is 0.118. The first-order valence-electron chi connectivity index (χ1n) is 6.78. The van der Waals surface area contributed by atoms with Crippen LogP contribution < -0.4 is 5.32 Å². The lowest BCUT2D eigenvalue weighted by molar-refractivity contribution is 0.636. The van der Waals surface area contributed by atoms with Crippen molar-refractivity contribution in [1.29, 1.82) is 0 Å². The third-order valence-electron chi connectivity index (χ3n) is 3.27. The van der Waals surface area contributed by atoms with Crippen LogP contribution in [0.2, 0.25) is 0 Å². The van der Waals surface area contributed by atoms with Crippen molar-refractivity contribution in [1.82, 2.24) is 4.98 Å². The molecule has 2 nitrogen and oxygen atoms in total. The van der Waals surface area contributed by atoms with Crippen molar-refractivity contribution < 1.29 is 4.39 Å². The van der Waals surface area contributed by atoms with Crippen LogP contribution in [0.5, 0.6) is 0 Å². The van der Waals surface area contributed by atoms with Gasteiger partial charge in [-0.05, 0) is 25.1 Å². The fourth-order valence-corrected chi connectivity index (χ4v) is 2.78. The normalized spacial score (nSPS) is 10.8. The zero-order valence-electron chi connectivity index (χ0n) is 11.5. The average molecular weight is 345 g/mol. The summed E-state index contributed by atoms with van der Waals surface area (Å²) >= 11 is 3.34. The number of aromatic nitrogens is 1. The molecule has 0 atom stereocenters. The summed E-state index contributed by atoms with van der Waals surface area (Å²) in [5.74, 6) is -0.323. The predicted octanol–water partition coefficient (Wildman–Crippen LogP) is 5.24. The highest BCUT2D eigenvalue weighted by Gasteiger charge is 2.11. The van der Waals surface area contributed by atoms with Gasteiger partial charge in [-0.15, -0.1) is 0 Å². The minimum Gasteiger partial charge on any atom is -0.385 e. The Balaban J connectivity index is 2.29. The van der Waals surface area contributed by atoms with E-state index >= 15 is 0 Å². The Kier molecular flexibility index (Phi) is 3.88. The second-order valence-corrected chi connectivity index (χ2v) is 5.65. The van der Waals surface area contributed by atoms with Gasteiger partial charge in [0.1, 0.15) is 5.52 Å². The van der Waals surface area contributed by atoms with Gasteiger partial charge in [-0.1, -0.05) is 46.3 Å². The van der Waals surface area contributed by atoms with Gasteiger partial charge in [-0.3, -0.25) is 0 Å². The van der Waals surface area contributed by atoms with Gasteiger partial charge in [0.25, 0.3) is 0 Å². The number of nitrogens with zero attached hydrogens (tertiary/aromatic N) is 1. The molecule has 1 heterocycles. The molecule has 0 bridgehead atoms. The molecule has 0 saturated carbocycles.